The summed E-state index contributed by atoms with van der Waals surface area (Å²) in [7, 11) is 1.51. The number of rotatable bonds is 7. The number of hydrogen-bond donors (Lipinski definition) is 2. The van der Waals surface area contributed by atoms with Gasteiger partial charge < -0.3 is 24.8 Å². The zero-order valence-electron chi connectivity index (χ0n) is 19.9. The van der Waals surface area contributed by atoms with Gasteiger partial charge >= 0.3 is 0 Å². The second-order valence-electron chi connectivity index (χ2n) is 9.54. The molecular weight excluding hydrogens is 468 g/mol. The predicted molar refractivity (Wildman–Crippen MR) is 134 cm³/mol. The van der Waals surface area contributed by atoms with E-state index in [-0.39, 0.29) is 48.6 Å². The molecule has 3 heterocycles. The Morgan fingerprint density at radius 1 is 1.14 bits per heavy atom. The molecule has 7 nitrogen and oxygen atoms in total. The molecular formula is C27H33ClN2O5. The molecule has 5 rings (SSSR count). The summed E-state index contributed by atoms with van der Waals surface area (Å²) in [6.07, 6.45) is 2.62. The van der Waals surface area contributed by atoms with Gasteiger partial charge in [-0.1, -0.05) is 24.3 Å². The van der Waals surface area contributed by atoms with Gasteiger partial charge in [-0.3, -0.25) is 9.59 Å². The maximum absolute atomic E-state index is 13.2. The van der Waals surface area contributed by atoms with Gasteiger partial charge in [0.05, 0.1) is 44.1 Å². The number of carbonyl (C=O) groups is 2. The number of aliphatic hydroxyl groups excluding tert-OH is 1. The first-order valence-electron chi connectivity index (χ1n) is 12.1. The predicted octanol–water partition coefficient (Wildman–Crippen LogP) is 3.16. The zero-order valence-corrected chi connectivity index (χ0v) is 20.8. The Morgan fingerprint density at radius 3 is 2.57 bits per heavy atom. The monoisotopic (exact) mass is 500 g/mol. The smallest absolute Gasteiger partial charge is 0.254 e. The van der Waals surface area contributed by atoms with Crippen molar-refractivity contribution in [3.05, 3.63) is 64.7 Å². The number of halogens is 1. The highest BCUT2D eigenvalue weighted by molar-refractivity contribution is 6.01. The van der Waals surface area contributed by atoms with Gasteiger partial charge in [-0.2, -0.15) is 0 Å². The topological polar surface area (TPSA) is 88.1 Å². The largest absolute Gasteiger partial charge is 0.496 e. The number of benzene rings is 2. The number of Topliss-reactive ketones (excluding diaryl/α,β-unsaturated/α-hetero) is 1. The third-order valence-corrected chi connectivity index (χ3v) is 7.47. The summed E-state index contributed by atoms with van der Waals surface area (Å²) < 4.78 is 11.1. The third kappa shape index (κ3) is 5.23. The SMILES string of the molecule is COc1cc(C(=O)N2C3CCC2COC3)ccc1C(=O)CC[C@@H](O)[C@@H]1Cc2ccccc2CN1.Cl. The van der Waals surface area contributed by atoms with Crippen LogP contribution >= 0.6 is 12.4 Å². The summed E-state index contributed by atoms with van der Waals surface area (Å²) in [5, 5.41) is 14.1. The van der Waals surface area contributed by atoms with E-state index >= 15 is 0 Å². The van der Waals surface area contributed by atoms with Gasteiger partial charge in [0.1, 0.15) is 5.75 Å². The quantitative estimate of drug-likeness (QED) is 0.568. The number of aliphatic hydroxyl groups is 1. The van der Waals surface area contributed by atoms with Gasteiger partial charge in [0, 0.05) is 24.6 Å². The lowest BCUT2D eigenvalue weighted by molar-refractivity contribution is -0.00717. The van der Waals surface area contributed by atoms with Crippen molar-refractivity contribution in [3.8, 4) is 5.75 Å². The molecule has 4 atom stereocenters. The molecule has 0 radical (unpaired) electrons. The molecule has 188 valence electrons. The lowest BCUT2D eigenvalue weighted by atomic mass is 9.90. The number of nitrogens with one attached hydrogen (secondary N) is 1. The minimum Gasteiger partial charge on any atom is -0.496 e. The Hall–Kier alpha value is -2.45. The van der Waals surface area contributed by atoms with Crippen molar-refractivity contribution in [3.63, 3.8) is 0 Å². The summed E-state index contributed by atoms with van der Waals surface area (Å²) >= 11 is 0. The van der Waals surface area contributed by atoms with Crippen LogP contribution in [0.1, 0.15) is 57.5 Å². The van der Waals surface area contributed by atoms with Crippen molar-refractivity contribution >= 4 is 24.1 Å². The maximum Gasteiger partial charge on any atom is 0.254 e. The lowest BCUT2D eigenvalue weighted by Crippen LogP contribution is -2.49. The lowest BCUT2D eigenvalue weighted by Gasteiger charge is -2.34. The van der Waals surface area contributed by atoms with E-state index in [9.17, 15) is 14.7 Å². The van der Waals surface area contributed by atoms with E-state index in [0.29, 0.717) is 36.5 Å². The fourth-order valence-electron chi connectivity index (χ4n) is 5.53. The average Bonchev–Trinajstić information content (AvgIpc) is 3.13. The summed E-state index contributed by atoms with van der Waals surface area (Å²) in [6, 6.07) is 13.5. The average molecular weight is 501 g/mol. The van der Waals surface area contributed by atoms with Gasteiger partial charge in [0.2, 0.25) is 0 Å². The van der Waals surface area contributed by atoms with Crippen molar-refractivity contribution in [1.29, 1.82) is 0 Å². The molecule has 8 heteroatoms. The van der Waals surface area contributed by atoms with E-state index in [1.807, 2.05) is 17.0 Å². The maximum atomic E-state index is 13.2. The first-order valence-corrected chi connectivity index (χ1v) is 12.1. The number of methoxy groups -OCH3 is 1. The molecule has 0 aliphatic carbocycles. The fourth-order valence-corrected chi connectivity index (χ4v) is 5.53. The second-order valence-corrected chi connectivity index (χ2v) is 9.54. The third-order valence-electron chi connectivity index (χ3n) is 7.47. The fraction of sp³-hybridized carbons (Fsp3) is 0.481. The Morgan fingerprint density at radius 2 is 1.86 bits per heavy atom. The number of fused-ring (bicyclic) bond motifs is 3. The Labute approximate surface area is 212 Å². The van der Waals surface area contributed by atoms with Crippen LogP contribution in [0.3, 0.4) is 0 Å². The number of hydrogen-bond acceptors (Lipinski definition) is 6. The highest BCUT2D eigenvalue weighted by Gasteiger charge is 2.40. The van der Waals surface area contributed by atoms with Crippen molar-refractivity contribution < 1.29 is 24.2 Å². The molecule has 0 saturated carbocycles. The van der Waals surface area contributed by atoms with E-state index < -0.39 is 6.10 Å². The van der Waals surface area contributed by atoms with Crippen molar-refractivity contribution in [2.24, 2.45) is 0 Å². The molecule has 0 aromatic heterocycles. The molecule has 0 spiro atoms. The molecule has 3 aliphatic rings. The number of morpholine rings is 1. The van der Waals surface area contributed by atoms with Crippen LogP contribution in [-0.2, 0) is 17.7 Å². The molecule has 2 unspecified atom stereocenters. The molecule has 1 amide bonds. The Bertz CT molecular complexity index is 1060. The standard InChI is InChI=1S/C27H32N2O5.ClH/c1-33-26-13-18(27(32)29-20-7-8-21(29)16-34-15-20)6-9-22(26)24(30)10-11-25(31)23-12-17-4-2-3-5-19(17)14-28-23;/h2-6,9,13,20-21,23,25,28,31H,7-8,10-12,14-16H2,1H3;1H/t20?,21?,23-,25+;/m0./s1. The summed E-state index contributed by atoms with van der Waals surface area (Å²) in [4.78, 5) is 28.1. The van der Waals surface area contributed by atoms with Crippen molar-refractivity contribution in [2.45, 2.75) is 62.9 Å². The van der Waals surface area contributed by atoms with Crippen LogP contribution in [0, 0.1) is 0 Å². The van der Waals surface area contributed by atoms with Gasteiger partial charge in [0.15, 0.2) is 5.78 Å². The highest BCUT2D eigenvalue weighted by Crippen LogP contribution is 2.32. The normalized spacial score (nSPS) is 23.7. The number of carbonyl (C=O) groups excluding carboxylic acids is 2. The van der Waals surface area contributed by atoms with Crippen molar-refractivity contribution in [1.82, 2.24) is 10.2 Å². The molecule has 3 aliphatic heterocycles. The summed E-state index contributed by atoms with van der Waals surface area (Å²) in [6.45, 7) is 1.89. The van der Waals surface area contributed by atoms with Gasteiger partial charge in [0.25, 0.3) is 5.91 Å². The molecule has 2 aromatic rings. The number of amides is 1. The van der Waals surface area contributed by atoms with Crippen LogP contribution in [0.15, 0.2) is 42.5 Å². The summed E-state index contributed by atoms with van der Waals surface area (Å²) in [5.41, 5.74) is 3.47. The van der Waals surface area contributed by atoms with Crippen LogP contribution < -0.4 is 10.1 Å². The minimum absolute atomic E-state index is 0. The zero-order chi connectivity index (χ0) is 23.7. The summed E-state index contributed by atoms with van der Waals surface area (Å²) in [5.74, 6) is 0.264. The highest BCUT2D eigenvalue weighted by atomic mass is 35.5. The first kappa shape index (κ1) is 25.6. The van der Waals surface area contributed by atoms with Gasteiger partial charge in [-0.05, 0) is 55.0 Å². The number of ether oxygens (including phenoxy) is 2. The van der Waals surface area contributed by atoms with Gasteiger partial charge in [-0.15, -0.1) is 12.4 Å². The molecule has 2 fully saturated rings. The number of ketones is 1. The van der Waals surface area contributed by atoms with E-state index in [1.54, 1.807) is 18.2 Å². The first-order chi connectivity index (χ1) is 16.5. The van der Waals surface area contributed by atoms with E-state index in [2.05, 4.69) is 17.4 Å². The van der Waals surface area contributed by atoms with E-state index in [4.69, 9.17) is 9.47 Å². The molecule has 35 heavy (non-hydrogen) atoms. The Balaban J connectivity index is 0.00000289. The number of nitrogens with zero attached hydrogens (tertiary/aromatic N) is 1. The molecule has 2 N–H and O–H groups in total. The van der Waals surface area contributed by atoms with E-state index in [1.165, 1.54) is 18.2 Å². The van der Waals surface area contributed by atoms with Crippen molar-refractivity contribution in [2.75, 3.05) is 20.3 Å². The van der Waals surface area contributed by atoms with Crippen LogP contribution in [0.2, 0.25) is 0 Å². The second kappa shape index (κ2) is 11.1. The molecule has 2 saturated heterocycles. The van der Waals surface area contributed by atoms with Crippen LogP contribution in [0.5, 0.6) is 5.75 Å². The minimum atomic E-state index is -0.624. The van der Waals surface area contributed by atoms with Crippen LogP contribution in [0.25, 0.3) is 0 Å². The molecule has 2 bridgehead atoms. The van der Waals surface area contributed by atoms with Gasteiger partial charge in [-0.25, -0.2) is 0 Å². The van der Waals surface area contributed by atoms with E-state index in [0.717, 1.165) is 25.8 Å². The van der Waals surface area contributed by atoms with Crippen LogP contribution in [0.4, 0.5) is 0 Å². The Kier molecular flexibility index (Phi) is 8.12. The molecule has 2 aromatic carbocycles. The van der Waals surface area contributed by atoms with Crippen LogP contribution in [-0.4, -0.2) is 66.2 Å².